The highest BCUT2D eigenvalue weighted by atomic mass is 16.3. The molecule has 0 heterocycles. The number of phenols is 2. The number of benzene rings is 5. The first-order valence-corrected chi connectivity index (χ1v) is 13.2. The van der Waals surface area contributed by atoms with E-state index in [1.807, 2.05) is 18.2 Å². The van der Waals surface area contributed by atoms with Gasteiger partial charge in [0.15, 0.2) is 0 Å². The molecule has 5 rings (SSSR count). The number of para-hydroxylation sites is 1. The Balaban J connectivity index is 0.000000417. The molecule has 0 aromatic heterocycles. The van der Waals surface area contributed by atoms with Crippen molar-refractivity contribution in [2.24, 2.45) is 0 Å². The van der Waals surface area contributed by atoms with Gasteiger partial charge in [-0.05, 0) is 46.0 Å². The van der Waals surface area contributed by atoms with E-state index in [4.69, 9.17) is 5.11 Å². The van der Waals surface area contributed by atoms with Crippen molar-refractivity contribution in [1.82, 2.24) is 0 Å². The highest BCUT2D eigenvalue weighted by Gasteiger charge is 2.26. The van der Waals surface area contributed by atoms with Crippen LogP contribution in [0.2, 0.25) is 0 Å². The lowest BCUT2D eigenvalue weighted by molar-refractivity contribution is 0.463. The van der Waals surface area contributed by atoms with E-state index in [1.165, 1.54) is 27.8 Å². The molecule has 3 atom stereocenters. The Morgan fingerprint density at radius 2 is 0.763 bits per heavy atom. The fraction of sp³-hybridized carbons (Fsp3) is 0.167. The summed E-state index contributed by atoms with van der Waals surface area (Å²) in [6, 6.07) is 44.4. The molecular formula is C36H36O2. The number of hydrogen-bond acceptors (Lipinski definition) is 2. The molecule has 2 heteroatoms. The number of phenolic OH excluding ortho intramolecular Hbond substituents is 2. The minimum Gasteiger partial charge on any atom is -0.508 e. The van der Waals surface area contributed by atoms with Crippen LogP contribution in [0.4, 0.5) is 0 Å². The summed E-state index contributed by atoms with van der Waals surface area (Å²) >= 11 is 0. The minimum atomic E-state index is 0.0882. The molecule has 0 amide bonds. The highest BCUT2D eigenvalue weighted by molar-refractivity contribution is 5.55. The molecule has 0 fully saturated rings. The van der Waals surface area contributed by atoms with Gasteiger partial charge in [0, 0.05) is 23.3 Å². The van der Waals surface area contributed by atoms with Gasteiger partial charge in [0.05, 0.1) is 0 Å². The molecule has 2 N–H and O–H groups in total. The quantitative estimate of drug-likeness (QED) is 0.244. The lowest BCUT2D eigenvalue weighted by atomic mass is 9.76. The van der Waals surface area contributed by atoms with Gasteiger partial charge in [0.2, 0.25) is 0 Å². The predicted molar refractivity (Wildman–Crippen MR) is 158 cm³/mol. The molecule has 0 saturated heterocycles. The second-order valence-electron chi connectivity index (χ2n) is 9.73. The van der Waals surface area contributed by atoms with Crippen LogP contribution in [0, 0.1) is 0 Å². The topological polar surface area (TPSA) is 40.5 Å². The summed E-state index contributed by atoms with van der Waals surface area (Å²) in [6.45, 7) is 6.72. The van der Waals surface area contributed by atoms with Gasteiger partial charge in [0.25, 0.3) is 0 Å². The average molecular weight is 501 g/mol. The third-order valence-corrected chi connectivity index (χ3v) is 7.29. The monoisotopic (exact) mass is 500 g/mol. The molecule has 5 aromatic rings. The van der Waals surface area contributed by atoms with Crippen molar-refractivity contribution in [2.75, 3.05) is 0 Å². The Morgan fingerprint density at radius 3 is 1.16 bits per heavy atom. The Hall–Kier alpha value is -4.30. The second-order valence-corrected chi connectivity index (χ2v) is 9.73. The molecule has 192 valence electrons. The summed E-state index contributed by atoms with van der Waals surface area (Å²) in [4.78, 5) is 0. The van der Waals surface area contributed by atoms with Crippen molar-refractivity contribution >= 4 is 0 Å². The lowest BCUT2D eigenvalue weighted by Crippen LogP contribution is -2.12. The predicted octanol–water partition coefficient (Wildman–Crippen LogP) is 9.24. The number of aromatic hydroxyl groups is 2. The molecule has 0 radical (unpaired) electrons. The highest BCUT2D eigenvalue weighted by Crippen LogP contribution is 2.44. The molecule has 0 aliphatic heterocycles. The SMILES string of the molecule is CC(c1ccccc1)c1ccc(O)c(C(C)c2ccccc2)c1C(C)c1ccccc1.Oc1ccccc1. The summed E-state index contributed by atoms with van der Waals surface area (Å²) < 4.78 is 0. The van der Waals surface area contributed by atoms with Crippen molar-refractivity contribution < 1.29 is 10.2 Å². The zero-order valence-corrected chi connectivity index (χ0v) is 22.3. The zero-order chi connectivity index (χ0) is 26.9. The maximum absolute atomic E-state index is 11.1. The maximum Gasteiger partial charge on any atom is 0.119 e. The van der Waals surface area contributed by atoms with Crippen LogP contribution in [0.15, 0.2) is 133 Å². The first-order valence-electron chi connectivity index (χ1n) is 13.2. The molecule has 3 unspecified atom stereocenters. The molecule has 0 aliphatic carbocycles. The van der Waals surface area contributed by atoms with Gasteiger partial charge >= 0.3 is 0 Å². The van der Waals surface area contributed by atoms with E-state index in [9.17, 15) is 5.11 Å². The third-order valence-electron chi connectivity index (χ3n) is 7.29. The van der Waals surface area contributed by atoms with Crippen LogP contribution in [0.25, 0.3) is 0 Å². The standard InChI is InChI=1S/C30H30O.C6H6O/c1-21(24-13-7-4-8-14-24)27-19-20-28(31)30(23(3)26-17-11-6-12-18-26)29(27)22(2)25-15-9-5-10-16-25;7-6-4-2-1-3-5-6/h4-23,31H,1-3H3;1-5,7H. The van der Waals surface area contributed by atoms with Crippen molar-refractivity contribution in [1.29, 1.82) is 0 Å². The van der Waals surface area contributed by atoms with Crippen LogP contribution in [0.1, 0.15) is 71.9 Å². The van der Waals surface area contributed by atoms with Crippen LogP contribution in [-0.4, -0.2) is 10.2 Å². The van der Waals surface area contributed by atoms with Gasteiger partial charge < -0.3 is 10.2 Å². The van der Waals surface area contributed by atoms with Gasteiger partial charge in [0.1, 0.15) is 11.5 Å². The van der Waals surface area contributed by atoms with Crippen LogP contribution in [0.5, 0.6) is 11.5 Å². The molecule has 38 heavy (non-hydrogen) atoms. The van der Waals surface area contributed by atoms with Crippen LogP contribution in [0.3, 0.4) is 0 Å². The van der Waals surface area contributed by atoms with E-state index in [1.54, 1.807) is 24.3 Å². The summed E-state index contributed by atoms with van der Waals surface area (Å²) in [5.41, 5.74) is 7.30. The van der Waals surface area contributed by atoms with Crippen LogP contribution < -0.4 is 0 Å². The first-order chi connectivity index (χ1) is 18.5. The molecule has 0 spiro atoms. The van der Waals surface area contributed by atoms with Crippen LogP contribution >= 0.6 is 0 Å². The Bertz CT molecular complexity index is 1400. The fourth-order valence-corrected chi connectivity index (χ4v) is 5.12. The summed E-state index contributed by atoms with van der Waals surface area (Å²) in [6.07, 6.45) is 0. The van der Waals surface area contributed by atoms with Gasteiger partial charge in [-0.1, -0.05) is 136 Å². The Labute approximate surface area is 226 Å². The van der Waals surface area contributed by atoms with E-state index < -0.39 is 0 Å². The minimum absolute atomic E-state index is 0.0882. The van der Waals surface area contributed by atoms with E-state index in [2.05, 4.69) is 112 Å². The fourth-order valence-electron chi connectivity index (χ4n) is 5.12. The van der Waals surface area contributed by atoms with Gasteiger partial charge in [-0.15, -0.1) is 0 Å². The molecular weight excluding hydrogens is 464 g/mol. The molecule has 0 bridgehead atoms. The largest absolute Gasteiger partial charge is 0.508 e. The van der Waals surface area contributed by atoms with Crippen molar-refractivity contribution in [2.45, 2.75) is 38.5 Å². The molecule has 2 nitrogen and oxygen atoms in total. The van der Waals surface area contributed by atoms with Gasteiger partial charge in [-0.25, -0.2) is 0 Å². The van der Waals surface area contributed by atoms with E-state index >= 15 is 0 Å². The molecule has 0 saturated carbocycles. The molecule has 0 aliphatic rings. The molecule has 5 aromatic carbocycles. The van der Waals surface area contributed by atoms with E-state index in [0.29, 0.717) is 11.5 Å². The van der Waals surface area contributed by atoms with Crippen molar-refractivity contribution in [3.8, 4) is 11.5 Å². The van der Waals surface area contributed by atoms with E-state index in [-0.39, 0.29) is 17.8 Å². The van der Waals surface area contributed by atoms with Crippen molar-refractivity contribution in [3.63, 3.8) is 0 Å². The first kappa shape index (κ1) is 26.8. The van der Waals surface area contributed by atoms with E-state index in [0.717, 1.165) is 5.56 Å². The zero-order valence-electron chi connectivity index (χ0n) is 22.3. The van der Waals surface area contributed by atoms with Crippen LogP contribution in [-0.2, 0) is 0 Å². The van der Waals surface area contributed by atoms with Gasteiger partial charge in [-0.3, -0.25) is 0 Å². The second kappa shape index (κ2) is 12.8. The summed E-state index contributed by atoms with van der Waals surface area (Å²) in [7, 11) is 0. The number of hydrogen-bond donors (Lipinski definition) is 2. The third kappa shape index (κ3) is 6.33. The number of rotatable bonds is 6. The smallest absolute Gasteiger partial charge is 0.119 e. The Kier molecular flexibility index (Phi) is 9.00. The Morgan fingerprint density at radius 1 is 0.395 bits per heavy atom. The van der Waals surface area contributed by atoms with Crippen molar-refractivity contribution in [3.05, 3.63) is 167 Å². The lowest BCUT2D eigenvalue weighted by Gasteiger charge is -2.28. The normalized spacial score (nSPS) is 13.0. The summed E-state index contributed by atoms with van der Waals surface area (Å²) in [5, 5.41) is 19.7. The average Bonchev–Trinajstić information content (AvgIpc) is 2.98. The summed E-state index contributed by atoms with van der Waals surface area (Å²) in [5.74, 6) is 1.17. The van der Waals surface area contributed by atoms with Gasteiger partial charge in [-0.2, -0.15) is 0 Å². The maximum atomic E-state index is 11.1.